The fourth-order valence-corrected chi connectivity index (χ4v) is 4.64. The first-order valence-corrected chi connectivity index (χ1v) is 11.0. The largest absolute Gasteiger partial charge is 0.491 e. The van der Waals surface area contributed by atoms with Gasteiger partial charge in [0.25, 0.3) is 0 Å². The Kier molecular flexibility index (Phi) is 6.77. The second-order valence-corrected chi connectivity index (χ2v) is 8.51. The molecule has 0 bridgehead atoms. The van der Waals surface area contributed by atoms with Gasteiger partial charge in [-0.05, 0) is 49.7 Å². The molecule has 0 spiro atoms. The number of hydrogen-bond acceptors (Lipinski definition) is 6. The van der Waals surface area contributed by atoms with E-state index in [-0.39, 0.29) is 12.2 Å². The van der Waals surface area contributed by atoms with Gasteiger partial charge in [-0.1, -0.05) is 24.3 Å². The van der Waals surface area contributed by atoms with Crippen LogP contribution >= 0.6 is 11.3 Å². The second kappa shape index (κ2) is 9.67. The van der Waals surface area contributed by atoms with Gasteiger partial charge in [-0.3, -0.25) is 0 Å². The zero-order chi connectivity index (χ0) is 20.1. The van der Waals surface area contributed by atoms with Gasteiger partial charge < -0.3 is 19.1 Å². The van der Waals surface area contributed by atoms with E-state index in [1.807, 2.05) is 18.2 Å². The maximum Gasteiger partial charge on any atom is 0.135 e. The summed E-state index contributed by atoms with van der Waals surface area (Å²) < 4.78 is 18.8. The maximum atomic E-state index is 6.66. The van der Waals surface area contributed by atoms with Gasteiger partial charge in [-0.25, -0.2) is 4.98 Å². The predicted molar refractivity (Wildman–Crippen MR) is 117 cm³/mol. The van der Waals surface area contributed by atoms with Gasteiger partial charge in [-0.2, -0.15) is 0 Å². The van der Waals surface area contributed by atoms with Crippen LogP contribution < -0.4 is 4.74 Å². The number of fused-ring (bicyclic) bond motifs is 1. The van der Waals surface area contributed by atoms with Gasteiger partial charge in [0.2, 0.25) is 0 Å². The first kappa shape index (κ1) is 20.3. The fourth-order valence-electron chi connectivity index (χ4n) is 3.61. The van der Waals surface area contributed by atoms with Crippen molar-refractivity contribution < 1.29 is 14.2 Å². The molecular formula is C23H28N2O3S. The molecule has 1 unspecified atom stereocenters. The van der Waals surface area contributed by atoms with Crippen LogP contribution in [0.3, 0.4) is 0 Å². The summed E-state index contributed by atoms with van der Waals surface area (Å²) in [5.41, 5.74) is 2.11. The highest BCUT2D eigenvalue weighted by atomic mass is 32.1. The quantitative estimate of drug-likeness (QED) is 0.509. The molecular weight excluding hydrogens is 384 g/mol. The van der Waals surface area contributed by atoms with E-state index >= 15 is 0 Å². The molecule has 2 heterocycles. The molecule has 1 fully saturated rings. The lowest BCUT2D eigenvalue weighted by Crippen LogP contribution is -2.35. The number of nitrogens with zero attached hydrogens (tertiary/aromatic N) is 2. The Morgan fingerprint density at radius 3 is 2.72 bits per heavy atom. The summed E-state index contributed by atoms with van der Waals surface area (Å²) in [6, 6.07) is 16.4. The van der Waals surface area contributed by atoms with Gasteiger partial charge >= 0.3 is 0 Å². The van der Waals surface area contributed by atoms with Crippen molar-refractivity contribution in [1.29, 1.82) is 0 Å². The van der Waals surface area contributed by atoms with E-state index in [2.05, 4.69) is 42.3 Å². The molecule has 5 nitrogen and oxygen atoms in total. The third kappa shape index (κ3) is 5.14. The summed E-state index contributed by atoms with van der Waals surface area (Å²) in [5.74, 6) is 0.831. The Morgan fingerprint density at radius 2 is 1.93 bits per heavy atom. The van der Waals surface area contributed by atoms with Crippen molar-refractivity contribution in [2.45, 2.75) is 25.0 Å². The van der Waals surface area contributed by atoms with Crippen LogP contribution in [0.2, 0.25) is 0 Å². The Balaban J connectivity index is 1.61. The molecule has 1 aliphatic heterocycles. The van der Waals surface area contributed by atoms with Crippen molar-refractivity contribution in [2.75, 3.05) is 40.5 Å². The monoisotopic (exact) mass is 412 g/mol. The molecule has 0 saturated carbocycles. The normalized spacial score (nSPS) is 16.9. The molecule has 1 saturated heterocycles. The third-order valence-electron chi connectivity index (χ3n) is 5.25. The van der Waals surface area contributed by atoms with Crippen molar-refractivity contribution in [3.8, 4) is 5.75 Å². The molecule has 1 atom stereocenters. The molecule has 1 aromatic heterocycles. The van der Waals surface area contributed by atoms with Crippen molar-refractivity contribution in [3.05, 3.63) is 59.1 Å². The highest BCUT2D eigenvalue weighted by molar-refractivity contribution is 7.18. The molecule has 0 radical (unpaired) electrons. The highest BCUT2D eigenvalue weighted by Gasteiger charge is 2.26. The first-order chi connectivity index (χ1) is 14.2. The average molecular weight is 413 g/mol. The Bertz CT molecular complexity index is 888. The van der Waals surface area contributed by atoms with E-state index in [9.17, 15) is 0 Å². The molecule has 3 aromatic rings. The standard InChI is InChI=1S/C23H28N2O3S/c1-25-12-10-18(11-13-25)28-22(23-24-20-8-3-4-9-21(20)29-23)17-6-5-7-19(16-17)27-15-14-26-2/h3-9,16,18,22H,10-15H2,1-2H3. The van der Waals surface area contributed by atoms with Crippen LogP contribution in [-0.4, -0.2) is 56.4 Å². The minimum Gasteiger partial charge on any atom is -0.491 e. The van der Waals surface area contributed by atoms with E-state index in [1.54, 1.807) is 18.4 Å². The van der Waals surface area contributed by atoms with Crippen LogP contribution in [0.15, 0.2) is 48.5 Å². The van der Waals surface area contributed by atoms with Gasteiger partial charge in [-0.15, -0.1) is 11.3 Å². The Morgan fingerprint density at radius 1 is 1.10 bits per heavy atom. The number of rotatable bonds is 8. The predicted octanol–water partition coefficient (Wildman–Crippen LogP) is 4.52. The van der Waals surface area contributed by atoms with Crippen LogP contribution in [0, 0.1) is 0 Å². The molecule has 29 heavy (non-hydrogen) atoms. The van der Waals surface area contributed by atoms with E-state index in [0.717, 1.165) is 47.8 Å². The minimum atomic E-state index is -0.188. The maximum absolute atomic E-state index is 6.66. The Hall–Kier alpha value is -1.99. The zero-order valence-corrected chi connectivity index (χ0v) is 17.9. The number of thiazole rings is 1. The van der Waals surface area contributed by atoms with Crippen molar-refractivity contribution >= 4 is 21.6 Å². The molecule has 0 amide bonds. The second-order valence-electron chi connectivity index (χ2n) is 7.45. The molecule has 154 valence electrons. The van der Waals surface area contributed by atoms with Crippen molar-refractivity contribution in [3.63, 3.8) is 0 Å². The zero-order valence-electron chi connectivity index (χ0n) is 17.0. The van der Waals surface area contributed by atoms with Gasteiger partial charge in [0.15, 0.2) is 0 Å². The average Bonchev–Trinajstić information content (AvgIpc) is 3.17. The molecule has 4 rings (SSSR count). The summed E-state index contributed by atoms with van der Waals surface area (Å²) in [6.45, 7) is 3.23. The van der Waals surface area contributed by atoms with Gasteiger partial charge in [0, 0.05) is 20.2 Å². The van der Waals surface area contributed by atoms with Crippen LogP contribution in [0.5, 0.6) is 5.75 Å². The Labute approximate surface area is 176 Å². The lowest BCUT2D eigenvalue weighted by molar-refractivity contribution is -0.0235. The number of methoxy groups -OCH3 is 1. The van der Waals surface area contributed by atoms with E-state index < -0.39 is 0 Å². The number of ether oxygens (including phenoxy) is 3. The molecule has 0 aliphatic carbocycles. The minimum absolute atomic E-state index is 0.188. The van der Waals surface area contributed by atoms with Crippen molar-refractivity contribution in [1.82, 2.24) is 9.88 Å². The van der Waals surface area contributed by atoms with Crippen LogP contribution in [0.4, 0.5) is 0 Å². The number of piperidine rings is 1. The summed E-state index contributed by atoms with van der Waals surface area (Å²) in [5, 5.41) is 0.999. The molecule has 2 aromatic carbocycles. The van der Waals surface area contributed by atoms with Crippen molar-refractivity contribution in [2.24, 2.45) is 0 Å². The summed E-state index contributed by atoms with van der Waals surface area (Å²) in [6.07, 6.45) is 2.14. The van der Waals surface area contributed by atoms with E-state index in [0.29, 0.717) is 13.2 Å². The van der Waals surface area contributed by atoms with Crippen LogP contribution in [-0.2, 0) is 9.47 Å². The first-order valence-electron chi connectivity index (χ1n) is 10.1. The lowest BCUT2D eigenvalue weighted by Gasteiger charge is -2.31. The van der Waals surface area contributed by atoms with Crippen LogP contribution in [0.1, 0.15) is 29.5 Å². The highest BCUT2D eigenvalue weighted by Crippen LogP contribution is 2.36. The summed E-state index contributed by atoms with van der Waals surface area (Å²) in [4.78, 5) is 7.26. The fraction of sp³-hybridized carbons (Fsp3) is 0.435. The van der Waals surface area contributed by atoms with Gasteiger partial charge in [0.05, 0.1) is 22.9 Å². The summed E-state index contributed by atoms with van der Waals surface area (Å²) in [7, 11) is 3.85. The lowest BCUT2D eigenvalue weighted by atomic mass is 10.1. The SMILES string of the molecule is COCCOc1cccc(C(OC2CCN(C)CC2)c2nc3ccccc3s2)c1. The number of aromatic nitrogens is 1. The van der Waals surface area contributed by atoms with Gasteiger partial charge in [0.1, 0.15) is 23.5 Å². The molecule has 0 N–H and O–H groups in total. The van der Waals surface area contributed by atoms with E-state index in [4.69, 9.17) is 19.2 Å². The van der Waals surface area contributed by atoms with Crippen LogP contribution in [0.25, 0.3) is 10.2 Å². The number of benzene rings is 2. The smallest absolute Gasteiger partial charge is 0.135 e. The topological polar surface area (TPSA) is 43.8 Å². The summed E-state index contributed by atoms with van der Waals surface area (Å²) >= 11 is 1.71. The third-order valence-corrected chi connectivity index (χ3v) is 6.33. The number of para-hydroxylation sites is 1. The number of likely N-dealkylation sites (tertiary alicyclic amines) is 1. The van der Waals surface area contributed by atoms with E-state index in [1.165, 1.54) is 4.70 Å². The molecule has 6 heteroatoms. The number of hydrogen-bond donors (Lipinski definition) is 0. The molecule has 1 aliphatic rings.